The van der Waals surface area contributed by atoms with E-state index in [1.165, 1.54) is 6.54 Å². The third-order valence-electron chi connectivity index (χ3n) is 2.21. The van der Waals surface area contributed by atoms with E-state index in [1.54, 1.807) is 0 Å². The normalized spacial score (nSPS) is 25.5. The van der Waals surface area contributed by atoms with E-state index in [0.717, 1.165) is 13.1 Å². The Morgan fingerprint density at radius 1 is 1.40 bits per heavy atom. The van der Waals surface area contributed by atoms with E-state index in [0.29, 0.717) is 5.54 Å². The monoisotopic (exact) mass is 145 g/mol. The minimum atomic E-state index is 0. The third-order valence-corrected chi connectivity index (χ3v) is 2.21. The smallest absolute Gasteiger partial charge is 0.0275 e. The van der Waals surface area contributed by atoms with Crippen molar-refractivity contribution in [2.75, 3.05) is 26.7 Å². The number of likely N-dealkylation sites (N-methyl/N-ethyl adjacent to an activating group) is 1. The standard InChI is InChI=1S/C7H16N2.H3N/c1-7(2)6-8-4-5-9(7)3;/h8H,4-6H2,1-3H3;1H3. The zero-order chi connectivity index (χ0) is 6.91. The summed E-state index contributed by atoms with van der Waals surface area (Å²) < 4.78 is 0. The number of hydrogen-bond acceptors (Lipinski definition) is 3. The third kappa shape index (κ3) is 1.94. The van der Waals surface area contributed by atoms with E-state index in [4.69, 9.17) is 0 Å². The highest BCUT2D eigenvalue weighted by Crippen LogP contribution is 2.12. The van der Waals surface area contributed by atoms with Crippen LogP contribution in [-0.4, -0.2) is 37.1 Å². The maximum atomic E-state index is 3.36. The molecule has 0 aromatic rings. The van der Waals surface area contributed by atoms with Gasteiger partial charge in [-0.3, -0.25) is 4.90 Å². The zero-order valence-electron chi connectivity index (χ0n) is 7.28. The predicted octanol–water partition coefficient (Wildman–Crippen LogP) is 0.462. The van der Waals surface area contributed by atoms with Crippen LogP contribution in [0.2, 0.25) is 0 Å². The van der Waals surface area contributed by atoms with Gasteiger partial charge in [-0.05, 0) is 20.9 Å². The molecule has 1 saturated heterocycles. The van der Waals surface area contributed by atoms with Crippen molar-refractivity contribution in [3.63, 3.8) is 0 Å². The first kappa shape index (κ1) is 9.88. The molecule has 0 aromatic carbocycles. The summed E-state index contributed by atoms with van der Waals surface area (Å²) in [7, 11) is 2.18. The summed E-state index contributed by atoms with van der Waals surface area (Å²) >= 11 is 0. The molecule has 0 radical (unpaired) electrons. The van der Waals surface area contributed by atoms with Gasteiger partial charge in [0.05, 0.1) is 0 Å². The Morgan fingerprint density at radius 2 is 2.00 bits per heavy atom. The molecule has 4 N–H and O–H groups in total. The van der Waals surface area contributed by atoms with Gasteiger partial charge in [-0.15, -0.1) is 0 Å². The number of nitrogens with one attached hydrogen (secondary N) is 1. The molecule has 0 saturated carbocycles. The largest absolute Gasteiger partial charge is 0.344 e. The Balaban J connectivity index is 0.000000810. The maximum absolute atomic E-state index is 3.36. The molecular formula is C7H19N3. The SMILES string of the molecule is CN1CCNCC1(C)C.N. The minimum Gasteiger partial charge on any atom is -0.344 e. The highest BCUT2D eigenvalue weighted by molar-refractivity contribution is 4.85. The van der Waals surface area contributed by atoms with Crippen LogP contribution in [0.15, 0.2) is 0 Å². The molecule has 1 rings (SSSR count). The van der Waals surface area contributed by atoms with Crippen molar-refractivity contribution in [1.82, 2.24) is 16.4 Å². The lowest BCUT2D eigenvalue weighted by molar-refractivity contribution is 0.123. The van der Waals surface area contributed by atoms with E-state index in [1.807, 2.05) is 0 Å². The topological polar surface area (TPSA) is 50.3 Å². The van der Waals surface area contributed by atoms with Crippen LogP contribution in [0, 0.1) is 0 Å². The first-order chi connectivity index (χ1) is 4.13. The van der Waals surface area contributed by atoms with E-state index < -0.39 is 0 Å². The molecule has 0 spiro atoms. The van der Waals surface area contributed by atoms with Crippen LogP contribution in [-0.2, 0) is 0 Å². The fourth-order valence-electron chi connectivity index (χ4n) is 1.08. The summed E-state index contributed by atoms with van der Waals surface area (Å²) in [4.78, 5) is 2.39. The molecule has 1 heterocycles. The number of nitrogens with zero attached hydrogens (tertiary/aromatic N) is 1. The molecular weight excluding hydrogens is 126 g/mol. The van der Waals surface area contributed by atoms with Crippen molar-refractivity contribution >= 4 is 0 Å². The minimum absolute atomic E-state index is 0. The van der Waals surface area contributed by atoms with Crippen molar-refractivity contribution in [3.05, 3.63) is 0 Å². The second-order valence-electron chi connectivity index (χ2n) is 3.41. The van der Waals surface area contributed by atoms with E-state index >= 15 is 0 Å². The molecule has 0 unspecified atom stereocenters. The second-order valence-corrected chi connectivity index (χ2v) is 3.41. The van der Waals surface area contributed by atoms with Crippen molar-refractivity contribution in [3.8, 4) is 0 Å². The lowest BCUT2D eigenvalue weighted by Crippen LogP contribution is -2.55. The molecule has 10 heavy (non-hydrogen) atoms. The van der Waals surface area contributed by atoms with Crippen LogP contribution in [0.1, 0.15) is 13.8 Å². The predicted molar refractivity (Wildman–Crippen MR) is 44.6 cm³/mol. The fraction of sp³-hybridized carbons (Fsp3) is 1.00. The second kappa shape index (κ2) is 3.32. The summed E-state index contributed by atoms with van der Waals surface area (Å²) in [6.45, 7) is 7.95. The molecule has 0 atom stereocenters. The average Bonchev–Trinajstić information content (AvgIpc) is 1.77. The van der Waals surface area contributed by atoms with Crippen molar-refractivity contribution in [2.45, 2.75) is 19.4 Å². The Labute approximate surface area is 63.4 Å². The number of rotatable bonds is 0. The van der Waals surface area contributed by atoms with Crippen LogP contribution in [0.4, 0.5) is 0 Å². The highest BCUT2D eigenvalue weighted by Gasteiger charge is 2.25. The summed E-state index contributed by atoms with van der Waals surface area (Å²) in [6, 6.07) is 0. The van der Waals surface area contributed by atoms with Crippen molar-refractivity contribution < 1.29 is 0 Å². The molecule has 0 aromatic heterocycles. The highest BCUT2D eigenvalue weighted by atomic mass is 15.2. The molecule has 0 amide bonds. The van der Waals surface area contributed by atoms with Gasteiger partial charge in [0.1, 0.15) is 0 Å². The van der Waals surface area contributed by atoms with Gasteiger partial charge in [-0.2, -0.15) is 0 Å². The molecule has 62 valence electrons. The molecule has 1 fully saturated rings. The number of piperazine rings is 1. The summed E-state index contributed by atoms with van der Waals surface area (Å²) in [6.07, 6.45) is 0. The van der Waals surface area contributed by atoms with Crippen molar-refractivity contribution in [1.29, 1.82) is 0 Å². The molecule has 0 aliphatic carbocycles. The average molecular weight is 145 g/mol. The van der Waals surface area contributed by atoms with Crippen molar-refractivity contribution in [2.24, 2.45) is 0 Å². The van der Waals surface area contributed by atoms with Gasteiger partial charge >= 0.3 is 0 Å². The van der Waals surface area contributed by atoms with Crippen LogP contribution in [0.5, 0.6) is 0 Å². The molecule has 3 nitrogen and oxygen atoms in total. The Bertz CT molecular complexity index is 101. The Morgan fingerprint density at radius 3 is 2.30 bits per heavy atom. The van der Waals surface area contributed by atoms with Gasteiger partial charge in [-0.1, -0.05) is 0 Å². The zero-order valence-corrected chi connectivity index (χ0v) is 7.28. The van der Waals surface area contributed by atoms with Gasteiger partial charge in [0.2, 0.25) is 0 Å². The van der Waals surface area contributed by atoms with Crippen LogP contribution >= 0.6 is 0 Å². The molecule has 3 heteroatoms. The molecule has 0 bridgehead atoms. The van der Waals surface area contributed by atoms with Gasteiger partial charge in [0.15, 0.2) is 0 Å². The van der Waals surface area contributed by atoms with Gasteiger partial charge in [0, 0.05) is 25.2 Å². The lowest BCUT2D eigenvalue weighted by Gasteiger charge is -2.40. The van der Waals surface area contributed by atoms with Gasteiger partial charge < -0.3 is 11.5 Å². The van der Waals surface area contributed by atoms with Crippen LogP contribution in [0.25, 0.3) is 0 Å². The molecule has 1 aliphatic heterocycles. The van der Waals surface area contributed by atoms with E-state index in [-0.39, 0.29) is 6.15 Å². The fourth-order valence-corrected chi connectivity index (χ4v) is 1.08. The van der Waals surface area contributed by atoms with Crippen LogP contribution in [0.3, 0.4) is 0 Å². The lowest BCUT2D eigenvalue weighted by atomic mass is 10.0. The van der Waals surface area contributed by atoms with Crippen LogP contribution < -0.4 is 11.5 Å². The number of hydrogen-bond donors (Lipinski definition) is 2. The summed E-state index contributed by atoms with van der Waals surface area (Å²) in [5, 5.41) is 3.36. The van der Waals surface area contributed by atoms with Gasteiger partial charge in [-0.25, -0.2) is 0 Å². The van der Waals surface area contributed by atoms with E-state index in [9.17, 15) is 0 Å². The first-order valence-electron chi connectivity index (χ1n) is 3.55. The van der Waals surface area contributed by atoms with Gasteiger partial charge in [0.25, 0.3) is 0 Å². The summed E-state index contributed by atoms with van der Waals surface area (Å²) in [5.74, 6) is 0. The summed E-state index contributed by atoms with van der Waals surface area (Å²) in [5.41, 5.74) is 0.359. The first-order valence-corrected chi connectivity index (χ1v) is 3.55. The quantitative estimate of drug-likeness (QED) is 0.520. The van der Waals surface area contributed by atoms with E-state index in [2.05, 4.69) is 31.1 Å². The molecule has 1 aliphatic rings. The Kier molecular flexibility index (Phi) is 3.28. The Hall–Kier alpha value is -0.120. The maximum Gasteiger partial charge on any atom is 0.0275 e.